The van der Waals surface area contributed by atoms with Crippen molar-refractivity contribution in [2.24, 2.45) is 0 Å². The highest BCUT2D eigenvalue weighted by Crippen LogP contribution is 2.26. The average molecular weight is 328 g/mol. The lowest BCUT2D eigenvalue weighted by molar-refractivity contribution is 0.823. The molecule has 102 valence electrons. The van der Waals surface area contributed by atoms with E-state index in [-0.39, 0.29) is 0 Å². The van der Waals surface area contributed by atoms with E-state index in [1.54, 1.807) is 0 Å². The molecule has 1 aromatic heterocycles. The van der Waals surface area contributed by atoms with Crippen LogP contribution in [-0.4, -0.2) is 4.57 Å². The number of hydrogen-bond donors (Lipinski definition) is 0. The van der Waals surface area contributed by atoms with E-state index in [0.717, 1.165) is 11.0 Å². The highest BCUT2D eigenvalue weighted by molar-refractivity contribution is 9.10. The lowest BCUT2D eigenvalue weighted by Crippen LogP contribution is -2.03. The number of nitrogens with zero attached hydrogens (tertiary/aromatic N) is 1. The SMILES string of the molecule is Cc1cc(C)c(Cn2ccc3c(Br)cccc32)c(C)c1. The molecule has 0 aliphatic carbocycles. The monoisotopic (exact) mass is 327 g/mol. The lowest BCUT2D eigenvalue weighted by atomic mass is 10.00. The van der Waals surface area contributed by atoms with Gasteiger partial charge in [0.1, 0.15) is 0 Å². The predicted octanol–water partition coefficient (Wildman–Crippen LogP) is 5.38. The van der Waals surface area contributed by atoms with Gasteiger partial charge in [-0.2, -0.15) is 0 Å². The van der Waals surface area contributed by atoms with Crippen LogP contribution in [0.2, 0.25) is 0 Å². The number of halogens is 1. The van der Waals surface area contributed by atoms with Crippen LogP contribution in [0.4, 0.5) is 0 Å². The fourth-order valence-corrected chi connectivity index (χ4v) is 3.44. The van der Waals surface area contributed by atoms with Crippen molar-refractivity contribution < 1.29 is 0 Å². The molecule has 3 rings (SSSR count). The van der Waals surface area contributed by atoms with Gasteiger partial charge in [0.05, 0.1) is 0 Å². The molecule has 1 heterocycles. The Balaban J connectivity index is 2.08. The largest absolute Gasteiger partial charge is 0.343 e. The van der Waals surface area contributed by atoms with E-state index >= 15 is 0 Å². The van der Waals surface area contributed by atoms with Crippen LogP contribution in [0.25, 0.3) is 10.9 Å². The molecule has 0 unspecified atom stereocenters. The summed E-state index contributed by atoms with van der Waals surface area (Å²) in [6.45, 7) is 7.50. The first-order chi connectivity index (χ1) is 9.56. The van der Waals surface area contributed by atoms with Crippen molar-refractivity contribution in [3.63, 3.8) is 0 Å². The number of benzene rings is 2. The van der Waals surface area contributed by atoms with Gasteiger partial charge in [-0.3, -0.25) is 0 Å². The summed E-state index contributed by atoms with van der Waals surface area (Å²) in [6, 6.07) is 13.1. The number of fused-ring (bicyclic) bond motifs is 1. The van der Waals surface area contributed by atoms with Gasteiger partial charge < -0.3 is 4.57 Å². The maximum absolute atomic E-state index is 3.62. The van der Waals surface area contributed by atoms with Crippen LogP contribution in [0, 0.1) is 20.8 Å². The minimum Gasteiger partial charge on any atom is -0.343 e. The van der Waals surface area contributed by atoms with E-state index in [1.165, 1.54) is 33.2 Å². The van der Waals surface area contributed by atoms with Crippen LogP contribution in [0.15, 0.2) is 47.1 Å². The molecule has 0 aliphatic heterocycles. The molecule has 2 heteroatoms. The third-order valence-electron chi connectivity index (χ3n) is 3.93. The molecule has 0 amide bonds. The second-order valence-corrected chi connectivity index (χ2v) is 6.35. The van der Waals surface area contributed by atoms with Crippen LogP contribution in [0.1, 0.15) is 22.3 Å². The summed E-state index contributed by atoms with van der Waals surface area (Å²) < 4.78 is 3.48. The van der Waals surface area contributed by atoms with Gasteiger partial charge in [0.2, 0.25) is 0 Å². The fourth-order valence-electron chi connectivity index (χ4n) is 2.95. The maximum atomic E-state index is 3.62. The average Bonchev–Trinajstić information content (AvgIpc) is 2.78. The van der Waals surface area contributed by atoms with Gasteiger partial charge in [-0.05, 0) is 55.7 Å². The Bertz CT molecular complexity index is 760. The molecule has 0 saturated carbocycles. The van der Waals surface area contributed by atoms with Crippen LogP contribution in [-0.2, 0) is 6.54 Å². The Morgan fingerprint density at radius 1 is 1.00 bits per heavy atom. The zero-order chi connectivity index (χ0) is 14.3. The Labute approximate surface area is 128 Å². The topological polar surface area (TPSA) is 4.93 Å². The van der Waals surface area contributed by atoms with Crippen LogP contribution < -0.4 is 0 Å². The number of aromatic nitrogens is 1. The van der Waals surface area contributed by atoms with Crippen LogP contribution >= 0.6 is 15.9 Å². The highest BCUT2D eigenvalue weighted by Gasteiger charge is 2.08. The molecule has 20 heavy (non-hydrogen) atoms. The van der Waals surface area contributed by atoms with Crippen molar-refractivity contribution >= 4 is 26.8 Å². The molecular formula is C18H18BrN. The first kappa shape index (κ1) is 13.4. The molecular weight excluding hydrogens is 310 g/mol. The Morgan fingerprint density at radius 3 is 2.40 bits per heavy atom. The van der Waals surface area contributed by atoms with E-state index in [2.05, 4.69) is 83.9 Å². The molecule has 0 N–H and O–H groups in total. The quantitative estimate of drug-likeness (QED) is 0.595. The first-order valence-electron chi connectivity index (χ1n) is 6.86. The summed E-state index contributed by atoms with van der Waals surface area (Å²) in [7, 11) is 0. The Kier molecular flexibility index (Phi) is 3.43. The lowest BCUT2D eigenvalue weighted by Gasteiger charge is -2.13. The van der Waals surface area contributed by atoms with Gasteiger partial charge in [-0.15, -0.1) is 0 Å². The third-order valence-corrected chi connectivity index (χ3v) is 4.62. The molecule has 0 atom stereocenters. The molecule has 1 nitrogen and oxygen atoms in total. The standard InChI is InChI=1S/C18H18BrN/c1-12-9-13(2)16(14(3)10-12)11-20-8-7-15-17(19)5-4-6-18(15)20/h4-10H,11H2,1-3H3. The molecule has 0 aliphatic rings. The summed E-state index contributed by atoms with van der Waals surface area (Å²) in [4.78, 5) is 0. The van der Waals surface area contributed by atoms with Crippen molar-refractivity contribution in [2.75, 3.05) is 0 Å². The van der Waals surface area contributed by atoms with Crippen molar-refractivity contribution in [3.8, 4) is 0 Å². The normalized spacial score (nSPS) is 11.2. The Hall–Kier alpha value is -1.54. The van der Waals surface area contributed by atoms with Gasteiger partial charge in [0, 0.05) is 28.1 Å². The molecule has 2 aromatic carbocycles. The van der Waals surface area contributed by atoms with Gasteiger partial charge in [0.15, 0.2) is 0 Å². The first-order valence-corrected chi connectivity index (χ1v) is 7.65. The predicted molar refractivity (Wildman–Crippen MR) is 89.4 cm³/mol. The van der Waals surface area contributed by atoms with E-state index in [9.17, 15) is 0 Å². The highest BCUT2D eigenvalue weighted by atomic mass is 79.9. The van der Waals surface area contributed by atoms with Gasteiger partial charge in [0.25, 0.3) is 0 Å². The van der Waals surface area contributed by atoms with E-state index in [4.69, 9.17) is 0 Å². The van der Waals surface area contributed by atoms with Crippen molar-refractivity contribution in [2.45, 2.75) is 27.3 Å². The van der Waals surface area contributed by atoms with E-state index < -0.39 is 0 Å². The molecule has 0 fully saturated rings. The molecule has 0 spiro atoms. The van der Waals surface area contributed by atoms with Crippen molar-refractivity contribution in [1.82, 2.24) is 4.57 Å². The molecule has 0 saturated heterocycles. The van der Waals surface area contributed by atoms with Crippen molar-refractivity contribution in [3.05, 3.63) is 69.3 Å². The number of rotatable bonds is 2. The zero-order valence-corrected chi connectivity index (χ0v) is 13.7. The minimum absolute atomic E-state index is 0.928. The zero-order valence-electron chi connectivity index (χ0n) is 12.1. The molecule has 0 bridgehead atoms. The third kappa shape index (κ3) is 2.29. The smallest absolute Gasteiger partial charge is 0.0494 e. The summed E-state index contributed by atoms with van der Waals surface area (Å²) in [5, 5.41) is 1.27. The van der Waals surface area contributed by atoms with E-state index in [1.807, 2.05) is 0 Å². The second kappa shape index (κ2) is 5.10. The second-order valence-electron chi connectivity index (χ2n) is 5.49. The summed E-state index contributed by atoms with van der Waals surface area (Å²) in [5.41, 5.74) is 6.79. The summed E-state index contributed by atoms with van der Waals surface area (Å²) in [5.74, 6) is 0. The molecule has 0 radical (unpaired) electrons. The van der Waals surface area contributed by atoms with Gasteiger partial charge in [-0.1, -0.05) is 39.7 Å². The van der Waals surface area contributed by atoms with Crippen LogP contribution in [0.3, 0.4) is 0 Å². The van der Waals surface area contributed by atoms with E-state index in [0.29, 0.717) is 0 Å². The summed E-state index contributed by atoms with van der Waals surface area (Å²) >= 11 is 3.62. The minimum atomic E-state index is 0.928. The van der Waals surface area contributed by atoms with Crippen LogP contribution in [0.5, 0.6) is 0 Å². The number of hydrogen-bond acceptors (Lipinski definition) is 0. The molecule has 3 aromatic rings. The maximum Gasteiger partial charge on any atom is 0.0494 e. The number of aryl methyl sites for hydroxylation is 3. The fraction of sp³-hybridized carbons (Fsp3) is 0.222. The Morgan fingerprint density at radius 2 is 1.70 bits per heavy atom. The van der Waals surface area contributed by atoms with Gasteiger partial charge in [-0.25, -0.2) is 0 Å². The summed E-state index contributed by atoms with van der Waals surface area (Å²) in [6.07, 6.45) is 2.17. The van der Waals surface area contributed by atoms with Crippen molar-refractivity contribution in [1.29, 1.82) is 0 Å². The van der Waals surface area contributed by atoms with Gasteiger partial charge >= 0.3 is 0 Å².